The Kier molecular flexibility index (Phi) is 8.59. The molecule has 3 aromatic carbocycles. The molecule has 1 aromatic heterocycles. The molecule has 0 saturated carbocycles. The number of nitrogens with zero attached hydrogens (tertiary/aromatic N) is 1. The highest BCUT2D eigenvalue weighted by molar-refractivity contribution is 5.86. The Morgan fingerprint density at radius 1 is 0.971 bits per heavy atom. The van der Waals surface area contributed by atoms with Gasteiger partial charge in [-0.05, 0) is 28.8 Å². The van der Waals surface area contributed by atoms with Gasteiger partial charge in [0.25, 0.3) is 0 Å². The number of carbonyl (C=O) groups excluding carboxylic acids is 1. The van der Waals surface area contributed by atoms with E-state index in [9.17, 15) is 18.0 Å². The van der Waals surface area contributed by atoms with Gasteiger partial charge in [0.05, 0.1) is 12.7 Å². The molecular weight excluding hydrogens is 477 g/mol. The van der Waals surface area contributed by atoms with Gasteiger partial charge >= 0.3 is 12.1 Å². The first kappa shape index (κ1) is 26.3. The second kappa shape index (κ2) is 11.4. The smallest absolute Gasteiger partial charge is 0.416 e. The van der Waals surface area contributed by atoms with Crippen molar-refractivity contribution in [2.24, 2.45) is 0 Å². The second-order valence-corrected chi connectivity index (χ2v) is 8.14. The predicted octanol–water partition coefficient (Wildman–Crippen LogP) is 6.00. The van der Waals surface area contributed by atoms with Gasteiger partial charge in [-0.2, -0.15) is 13.2 Å². The lowest BCUT2D eigenvalue weighted by molar-refractivity contribution is -0.143. The first-order valence-corrected chi connectivity index (χ1v) is 10.9. The highest BCUT2D eigenvalue weighted by Gasteiger charge is 2.30. The van der Waals surface area contributed by atoms with Crippen molar-refractivity contribution in [2.75, 3.05) is 7.11 Å². The van der Waals surface area contributed by atoms with Crippen molar-refractivity contribution in [1.29, 1.82) is 0 Å². The lowest BCUT2D eigenvalue weighted by Gasteiger charge is -2.17. The fraction of sp³-hybridized carbons (Fsp3) is 0.222. The lowest BCUT2D eigenvalue weighted by atomic mass is 10.0. The summed E-state index contributed by atoms with van der Waals surface area (Å²) in [4.78, 5) is 12.5. The number of carbonyl (C=O) groups is 1. The molecule has 1 heterocycles. The van der Waals surface area contributed by atoms with Crippen LogP contribution in [0.15, 0.2) is 85.1 Å². The number of benzene rings is 3. The predicted molar refractivity (Wildman–Crippen MR) is 133 cm³/mol. The van der Waals surface area contributed by atoms with Crippen LogP contribution >= 0.6 is 12.4 Å². The van der Waals surface area contributed by atoms with Gasteiger partial charge in [0.1, 0.15) is 6.04 Å². The number of alkyl halides is 3. The fourth-order valence-corrected chi connectivity index (χ4v) is 4.10. The van der Waals surface area contributed by atoms with E-state index in [2.05, 4.69) is 22.0 Å². The molecular formula is C27H26ClF3N2O2. The Morgan fingerprint density at radius 3 is 2.37 bits per heavy atom. The standard InChI is InChI=1S/C27H25F3N2O2.ClH/c1-34-26(33)24(31-16-20-10-7-11-22(14-20)27(28,29)30)15-21-18-32(17-19-8-3-2-4-9-19)25-13-6-5-12-23(21)25;/h2-14,18,24,31H,15-17H2,1H3;1H/t24-;/m0./s1. The Bertz CT molecular complexity index is 1270. The quantitative estimate of drug-likeness (QED) is 0.300. The van der Waals surface area contributed by atoms with E-state index >= 15 is 0 Å². The van der Waals surface area contributed by atoms with Crippen LogP contribution in [-0.2, 0) is 35.2 Å². The molecule has 0 fully saturated rings. The molecule has 184 valence electrons. The van der Waals surface area contributed by atoms with Crippen molar-refractivity contribution in [3.8, 4) is 0 Å². The number of aromatic nitrogens is 1. The topological polar surface area (TPSA) is 43.3 Å². The number of esters is 1. The highest BCUT2D eigenvalue weighted by atomic mass is 35.5. The lowest BCUT2D eigenvalue weighted by Crippen LogP contribution is -2.39. The Hall–Kier alpha value is -3.29. The number of hydrogen-bond donors (Lipinski definition) is 1. The fourth-order valence-electron chi connectivity index (χ4n) is 4.10. The first-order chi connectivity index (χ1) is 16.3. The molecule has 4 aromatic rings. The number of para-hydroxylation sites is 1. The SMILES string of the molecule is COC(=O)[C@H](Cc1cn(Cc2ccccc2)c2ccccc12)NCc1cccc(C(F)(F)F)c1.Cl. The largest absolute Gasteiger partial charge is 0.468 e. The van der Waals surface area contributed by atoms with Crippen molar-refractivity contribution < 1.29 is 22.7 Å². The normalized spacial score (nSPS) is 12.2. The molecule has 0 amide bonds. The van der Waals surface area contributed by atoms with Crippen LogP contribution in [-0.4, -0.2) is 23.7 Å². The summed E-state index contributed by atoms with van der Waals surface area (Å²) in [6.45, 7) is 0.786. The maximum Gasteiger partial charge on any atom is 0.416 e. The van der Waals surface area contributed by atoms with E-state index in [4.69, 9.17) is 4.74 Å². The molecule has 4 nitrogen and oxygen atoms in total. The molecule has 0 aliphatic rings. The zero-order valence-electron chi connectivity index (χ0n) is 19.1. The van der Waals surface area contributed by atoms with Crippen molar-refractivity contribution in [1.82, 2.24) is 9.88 Å². The minimum atomic E-state index is -4.42. The number of hydrogen-bond acceptors (Lipinski definition) is 3. The summed E-state index contributed by atoms with van der Waals surface area (Å²) in [5.74, 6) is -0.466. The van der Waals surface area contributed by atoms with Crippen LogP contribution in [0.1, 0.15) is 22.3 Å². The maximum atomic E-state index is 13.0. The first-order valence-electron chi connectivity index (χ1n) is 10.9. The molecule has 0 aliphatic carbocycles. The van der Waals surface area contributed by atoms with E-state index in [1.165, 1.54) is 13.2 Å². The van der Waals surface area contributed by atoms with E-state index in [0.29, 0.717) is 18.5 Å². The zero-order valence-corrected chi connectivity index (χ0v) is 19.9. The average Bonchev–Trinajstić information content (AvgIpc) is 3.18. The summed E-state index contributed by atoms with van der Waals surface area (Å²) >= 11 is 0. The Morgan fingerprint density at radius 2 is 1.66 bits per heavy atom. The Labute approximate surface area is 208 Å². The molecule has 0 unspecified atom stereocenters. The van der Waals surface area contributed by atoms with Crippen molar-refractivity contribution >= 4 is 29.3 Å². The number of nitrogens with one attached hydrogen (secondary N) is 1. The van der Waals surface area contributed by atoms with Crippen LogP contribution in [0.4, 0.5) is 13.2 Å². The zero-order chi connectivity index (χ0) is 24.1. The van der Waals surface area contributed by atoms with Gasteiger partial charge in [-0.3, -0.25) is 4.79 Å². The van der Waals surface area contributed by atoms with Gasteiger partial charge in [0.2, 0.25) is 0 Å². The van der Waals surface area contributed by atoms with Crippen LogP contribution in [0, 0.1) is 0 Å². The minimum Gasteiger partial charge on any atom is -0.468 e. The Balaban J connectivity index is 0.00000342. The number of ether oxygens (including phenoxy) is 1. The highest BCUT2D eigenvalue weighted by Crippen LogP contribution is 2.29. The molecule has 4 rings (SSSR count). The van der Waals surface area contributed by atoms with Gasteiger partial charge in [0, 0.05) is 36.6 Å². The van der Waals surface area contributed by atoms with Gasteiger partial charge in [-0.15, -0.1) is 12.4 Å². The molecule has 0 aliphatic heterocycles. The molecule has 1 N–H and O–H groups in total. The van der Waals surface area contributed by atoms with Crippen LogP contribution < -0.4 is 5.32 Å². The summed E-state index contributed by atoms with van der Waals surface area (Å²) in [5, 5.41) is 4.11. The van der Waals surface area contributed by atoms with E-state index in [1.54, 1.807) is 6.07 Å². The third-order valence-corrected chi connectivity index (χ3v) is 5.78. The molecule has 0 radical (unpaired) electrons. The summed E-state index contributed by atoms with van der Waals surface area (Å²) in [7, 11) is 1.31. The van der Waals surface area contributed by atoms with E-state index in [-0.39, 0.29) is 19.0 Å². The van der Waals surface area contributed by atoms with E-state index < -0.39 is 23.8 Å². The van der Waals surface area contributed by atoms with Crippen molar-refractivity contribution in [3.05, 3.63) is 107 Å². The second-order valence-electron chi connectivity index (χ2n) is 8.14. The van der Waals surface area contributed by atoms with Crippen LogP contribution in [0.2, 0.25) is 0 Å². The van der Waals surface area contributed by atoms with E-state index in [1.807, 2.05) is 48.7 Å². The average molecular weight is 503 g/mol. The summed E-state index contributed by atoms with van der Waals surface area (Å²) in [6, 6.07) is 22.4. The van der Waals surface area contributed by atoms with Crippen LogP contribution in [0.5, 0.6) is 0 Å². The van der Waals surface area contributed by atoms with Gasteiger partial charge in [0.15, 0.2) is 0 Å². The van der Waals surface area contributed by atoms with Gasteiger partial charge in [-0.1, -0.05) is 66.7 Å². The number of fused-ring (bicyclic) bond motifs is 1. The third kappa shape index (κ3) is 6.44. The molecule has 1 atom stereocenters. The summed E-state index contributed by atoms with van der Waals surface area (Å²) in [6.07, 6.45) is -2.05. The summed E-state index contributed by atoms with van der Waals surface area (Å²) < 4.78 is 46.3. The minimum absolute atomic E-state index is 0. The molecule has 0 bridgehead atoms. The van der Waals surface area contributed by atoms with Gasteiger partial charge in [-0.25, -0.2) is 0 Å². The number of rotatable bonds is 8. The maximum absolute atomic E-state index is 13.0. The van der Waals surface area contributed by atoms with Crippen molar-refractivity contribution in [3.63, 3.8) is 0 Å². The monoisotopic (exact) mass is 502 g/mol. The third-order valence-electron chi connectivity index (χ3n) is 5.78. The molecule has 8 heteroatoms. The van der Waals surface area contributed by atoms with E-state index in [0.717, 1.165) is 34.2 Å². The molecule has 0 saturated heterocycles. The number of methoxy groups -OCH3 is 1. The van der Waals surface area contributed by atoms with Crippen LogP contribution in [0.25, 0.3) is 10.9 Å². The summed E-state index contributed by atoms with van der Waals surface area (Å²) in [5.41, 5.74) is 2.88. The van der Waals surface area contributed by atoms with Crippen molar-refractivity contribution in [2.45, 2.75) is 31.7 Å². The van der Waals surface area contributed by atoms with Gasteiger partial charge < -0.3 is 14.6 Å². The molecule has 35 heavy (non-hydrogen) atoms. The molecule has 0 spiro atoms. The number of halogens is 4. The van der Waals surface area contributed by atoms with Crippen LogP contribution in [0.3, 0.4) is 0 Å².